The fraction of sp³-hybridized carbons (Fsp3) is 0.325. The Morgan fingerprint density at radius 1 is 0.886 bits per heavy atom. The second-order valence-electron chi connectivity index (χ2n) is 13.1. The standard InChI is InChI=1S/C40H41N2O2/c1-2-28-26-42(27-37-33-13-5-3-10-30(33)24-31-11-4-6-14-34(31)37)21-18-29(28)25-39(42)40(44-23-19-32-12-9-22-43-32)36-17-20-41-38-16-8-7-15-35(36)38/h3-17,20,22,24,28-29,39-40H,2,18-19,21,23,25-27H2,1H3/q+1/t28-,29-,39+,40+,42-/m0/s1. The predicted octanol–water partition coefficient (Wildman–Crippen LogP) is 9.27. The molecule has 44 heavy (non-hydrogen) atoms. The van der Waals surface area contributed by atoms with Gasteiger partial charge in [0.1, 0.15) is 24.5 Å². The van der Waals surface area contributed by atoms with Gasteiger partial charge in [0.2, 0.25) is 0 Å². The number of hydrogen-bond donors (Lipinski definition) is 0. The Morgan fingerprint density at radius 3 is 2.39 bits per heavy atom. The number of piperidine rings is 3. The van der Waals surface area contributed by atoms with Gasteiger partial charge in [0.05, 0.1) is 31.5 Å². The molecular weight excluding hydrogens is 540 g/mol. The summed E-state index contributed by atoms with van der Waals surface area (Å²) in [4.78, 5) is 4.74. The molecule has 0 radical (unpaired) electrons. The highest BCUT2D eigenvalue weighted by Crippen LogP contribution is 2.50. The quantitative estimate of drug-likeness (QED) is 0.126. The number of para-hydroxylation sites is 1. The first-order chi connectivity index (χ1) is 21.7. The van der Waals surface area contributed by atoms with Gasteiger partial charge in [-0.05, 0) is 69.8 Å². The molecule has 0 unspecified atom stereocenters. The Hall–Kier alpha value is -3.99. The molecule has 4 heteroatoms. The number of aromatic nitrogens is 1. The number of furan rings is 1. The van der Waals surface area contributed by atoms with Gasteiger partial charge in [-0.25, -0.2) is 0 Å². The summed E-state index contributed by atoms with van der Waals surface area (Å²) < 4.78 is 13.9. The topological polar surface area (TPSA) is 35.3 Å². The second-order valence-corrected chi connectivity index (χ2v) is 13.1. The van der Waals surface area contributed by atoms with Crippen LogP contribution in [-0.4, -0.2) is 35.2 Å². The Bertz CT molecular complexity index is 1850. The molecule has 2 aromatic heterocycles. The van der Waals surface area contributed by atoms with E-state index in [1.165, 1.54) is 70.4 Å². The van der Waals surface area contributed by atoms with Crippen LogP contribution < -0.4 is 0 Å². The van der Waals surface area contributed by atoms with Gasteiger partial charge in [0.15, 0.2) is 0 Å². The van der Waals surface area contributed by atoms with Crippen LogP contribution in [0.15, 0.2) is 114 Å². The third kappa shape index (κ3) is 4.81. The first-order valence-electron chi connectivity index (χ1n) is 16.5. The van der Waals surface area contributed by atoms with Crippen molar-refractivity contribution >= 4 is 32.4 Å². The minimum atomic E-state index is -0.0280. The van der Waals surface area contributed by atoms with Crippen molar-refractivity contribution < 1.29 is 13.6 Å². The van der Waals surface area contributed by atoms with Crippen LogP contribution in [0, 0.1) is 11.8 Å². The average Bonchev–Trinajstić information content (AvgIpc) is 3.60. The van der Waals surface area contributed by atoms with Gasteiger partial charge in [-0.2, -0.15) is 0 Å². The highest BCUT2D eigenvalue weighted by Gasteiger charge is 2.55. The third-order valence-corrected chi connectivity index (χ3v) is 10.9. The summed E-state index contributed by atoms with van der Waals surface area (Å²) >= 11 is 0. The van der Waals surface area contributed by atoms with E-state index in [0.29, 0.717) is 12.6 Å². The first-order valence-corrected chi connectivity index (χ1v) is 16.5. The molecule has 3 saturated heterocycles. The molecule has 4 aromatic carbocycles. The molecule has 3 aliphatic rings. The lowest BCUT2D eigenvalue weighted by atomic mass is 9.70. The van der Waals surface area contributed by atoms with Gasteiger partial charge < -0.3 is 13.6 Å². The number of pyridine rings is 1. The summed E-state index contributed by atoms with van der Waals surface area (Å²) in [5, 5.41) is 6.66. The maximum absolute atomic E-state index is 7.10. The van der Waals surface area contributed by atoms with Crippen molar-refractivity contribution in [2.45, 2.75) is 51.3 Å². The molecule has 0 aliphatic carbocycles. The van der Waals surface area contributed by atoms with Crippen LogP contribution in [0.5, 0.6) is 0 Å². The van der Waals surface area contributed by atoms with Crippen molar-refractivity contribution in [1.29, 1.82) is 0 Å². The minimum Gasteiger partial charge on any atom is -0.469 e. The molecule has 0 N–H and O–H groups in total. The van der Waals surface area contributed by atoms with E-state index in [2.05, 4.69) is 97.9 Å². The maximum atomic E-state index is 7.10. The van der Waals surface area contributed by atoms with Gasteiger partial charge >= 0.3 is 0 Å². The van der Waals surface area contributed by atoms with Crippen molar-refractivity contribution in [3.8, 4) is 0 Å². The van der Waals surface area contributed by atoms with E-state index in [1.54, 1.807) is 6.26 Å². The molecule has 3 aliphatic heterocycles. The highest BCUT2D eigenvalue weighted by molar-refractivity contribution is 6.02. The zero-order valence-corrected chi connectivity index (χ0v) is 25.6. The Kier molecular flexibility index (Phi) is 7.20. The molecule has 3 fully saturated rings. The van der Waals surface area contributed by atoms with Crippen molar-refractivity contribution in [3.63, 3.8) is 0 Å². The molecule has 0 spiro atoms. The molecular formula is C40H41N2O2+. The highest BCUT2D eigenvalue weighted by atomic mass is 16.5. The number of benzene rings is 4. The van der Waals surface area contributed by atoms with Crippen LogP contribution in [0.2, 0.25) is 0 Å². The van der Waals surface area contributed by atoms with E-state index in [-0.39, 0.29) is 6.10 Å². The van der Waals surface area contributed by atoms with Crippen LogP contribution in [0.3, 0.4) is 0 Å². The fourth-order valence-electron chi connectivity index (χ4n) is 8.75. The summed E-state index contributed by atoms with van der Waals surface area (Å²) in [5.41, 5.74) is 3.81. The average molecular weight is 582 g/mol. The monoisotopic (exact) mass is 581 g/mol. The molecule has 0 amide bonds. The molecule has 222 valence electrons. The van der Waals surface area contributed by atoms with Crippen LogP contribution >= 0.6 is 0 Å². The van der Waals surface area contributed by atoms with E-state index in [9.17, 15) is 0 Å². The number of fused-ring (bicyclic) bond motifs is 6. The second kappa shape index (κ2) is 11.5. The first kappa shape index (κ1) is 27.6. The Morgan fingerprint density at radius 2 is 1.64 bits per heavy atom. The molecule has 5 atom stereocenters. The van der Waals surface area contributed by atoms with Crippen LogP contribution in [0.1, 0.15) is 49.2 Å². The van der Waals surface area contributed by atoms with Crippen LogP contribution in [0.25, 0.3) is 32.4 Å². The van der Waals surface area contributed by atoms with E-state index in [1.807, 2.05) is 12.3 Å². The van der Waals surface area contributed by atoms with Gasteiger partial charge in [-0.3, -0.25) is 4.98 Å². The third-order valence-electron chi connectivity index (χ3n) is 10.9. The number of quaternary nitrogens is 1. The van der Waals surface area contributed by atoms with Crippen LogP contribution in [-0.2, 0) is 17.7 Å². The zero-order valence-electron chi connectivity index (χ0n) is 25.6. The van der Waals surface area contributed by atoms with E-state index >= 15 is 0 Å². The molecule has 2 bridgehead atoms. The van der Waals surface area contributed by atoms with E-state index in [4.69, 9.17) is 14.1 Å². The summed E-state index contributed by atoms with van der Waals surface area (Å²) in [7, 11) is 0. The van der Waals surface area contributed by atoms with Crippen molar-refractivity contribution in [3.05, 3.63) is 126 Å². The van der Waals surface area contributed by atoms with Gasteiger partial charge in [0.25, 0.3) is 0 Å². The summed E-state index contributed by atoms with van der Waals surface area (Å²) in [5.74, 6) is 2.48. The van der Waals surface area contributed by atoms with Gasteiger partial charge in [-0.15, -0.1) is 0 Å². The molecule has 6 aromatic rings. The number of hydrogen-bond acceptors (Lipinski definition) is 3. The minimum absolute atomic E-state index is 0.0280. The normalized spacial score (nSPS) is 23.9. The Labute approximate surface area is 259 Å². The Balaban J connectivity index is 1.27. The van der Waals surface area contributed by atoms with E-state index in [0.717, 1.165) is 40.6 Å². The van der Waals surface area contributed by atoms with Crippen molar-refractivity contribution in [2.24, 2.45) is 11.8 Å². The molecule has 5 heterocycles. The lowest BCUT2D eigenvalue weighted by Crippen LogP contribution is -2.68. The largest absolute Gasteiger partial charge is 0.469 e. The van der Waals surface area contributed by atoms with Gasteiger partial charge in [0, 0.05) is 42.3 Å². The molecule has 4 nitrogen and oxygen atoms in total. The van der Waals surface area contributed by atoms with Crippen molar-refractivity contribution in [1.82, 2.24) is 4.98 Å². The van der Waals surface area contributed by atoms with Crippen LogP contribution in [0.4, 0.5) is 0 Å². The lowest BCUT2D eigenvalue weighted by Gasteiger charge is -2.59. The van der Waals surface area contributed by atoms with Gasteiger partial charge in [-0.1, -0.05) is 73.7 Å². The SMILES string of the molecule is CC[C@H]1C[N@+]2(Cc3c4ccccc4cc4ccccc34)CC[C@H]1C[C@@H]2[C@H](OCCc1ccco1)c1ccnc2ccccc12. The van der Waals surface area contributed by atoms with E-state index < -0.39 is 0 Å². The summed E-state index contributed by atoms with van der Waals surface area (Å²) in [6, 6.07) is 35.6. The number of ether oxygens (including phenoxy) is 1. The smallest absolute Gasteiger partial charge is 0.135 e. The predicted molar refractivity (Wildman–Crippen MR) is 178 cm³/mol. The fourth-order valence-corrected chi connectivity index (χ4v) is 8.75. The number of rotatable bonds is 9. The lowest BCUT2D eigenvalue weighted by molar-refractivity contribution is -0.985. The number of nitrogens with zero attached hydrogens (tertiary/aromatic N) is 2. The molecule has 0 saturated carbocycles. The summed E-state index contributed by atoms with van der Waals surface area (Å²) in [6.07, 6.45) is 8.23. The summed E-state index contributed by atoms with van der Waals surface area (Å²) in [6.45, 7) is 6.47. The zero-order chi connectivity index (χ0) is 29.5. The maximum Gasteiger partial charge on any atom is 0.135 e. The van der Waals surface area contributed by atoms with Crippen molar-refractivity contribution in [2.75, 3.05) is 19.7 Å². The molecule has 9 rings (SSSR count).